The molecule has 1 atom stereocenters. The molecule has 0 radical (unpaired) electrons. The van der Waals surface area contributed by atoms with Gasteiger partial charge in [-0.2, -0.15) is 0 Å². The topological polar surface area (TPSA) is 67.4 Å². The van der Waals surface area contributed by atoms with E-state index in [0.717, 1.165) is 0 Å². The van der Waals surface area contributed by atoms with Crippen LogP contribution in [0.1, 0.15) is 26.3 Å². The van der Waals surface area contributed by atoms with Crippen LogP contribution in [0.5, 0.6) is 0 Å². The van der Waals surface area contributed by atoms with E-state index in [2.05, 4.69) is 10.6 Å². The second kappa shape index (κ2) is 9.02. The van der Waals surface area contributed by atoms with E-state index in [9.17, 15) is 14.0 Å². The van der Waals surface area contributed by atoms with Crippen molar-refractivity contribution in [1.82, 2.24) is 10.6 Å². The van der Waals surface area contributed by atoms with Crippen LogP contribution in [0.4, 0.5) is 9.18 Å². The van der Waals surface area contributed by atoms with Gasteiger partial charge < -0.3 is 15.4 Å². The Morgan fingerprint density at radius 2 is 1.95 bits per heavy atom. The van der Waals surface area contributed by atoms with Gasteiger partial charge >= 0.3 is 6.09 Å². The fourth-order valence-electron chi connectivity index (χ4n) is 1.97. The summed E-state index contributed by atoms with van der Waals surface area (Å²) in [7, 11) is 0. The zero-order valence-corrected chi connectivity index (χ0v) is 13.2. The molecule has 0 bridgehead atoms. The van der Waals surface area contributed by atoms with Crippen molar-refractivity contribution >= 4 is 12.0 Å². The van der Waals surface area contributed by atoms with Gasteiger partial charge in [0.15, 0.2) is 0 Å². The van der Waals surface area contributed by atoms with Crippen molar-refractivity contribution in [1.29, 1.82) is 0 Å². The first-order valence-corrected chi connectivity index (χ1v) is 7.40. The lowest BCUT2D eigenvalue weighted by Gasteiger charge is -2.21. The van der Waals surface area contributed by atoms with E-state index in [0.29, 0.717) is 18.5 Å². The molecule has 0 spiro atoms. The number of hydrogen-bond donors (Lipinski definition) is 2. The number of halogens is 1. The summed E-state index contributed by atoms with van der Waals surface area (Å²) in [5.74, 6) is -0.681. The maximum Gasteiger partial charge on any atom is 0.407 e. The molecule has 1 aromatic rings. The fraction of sp³-hybridized carbons (Fsp3) is 0.500. The van der Waals surface area contributed by atoms with Crippen LogP contribution in [0.15, 0.2) is 24.3 Å². The molecule has 0 aliphatic carbocycles. The van der Waals surface area contributed by atoms with E-state index < -0.39 is 12.1 Å². The summed E-state index contributed by atoms with van der Waals surface area (Å²) in [6.07, 6.45) is -0.228. The zero-order valence-electron chi connectivity index (χ0n) is 13.2. The SMILES string of the molecule is CCOC(=O)NC(C(=O)NCCc1ccccc1F)C(C)C. The molecular weight excluding hydrogens is 287 g/mol. The number of rotatable bonds is 7. The normalized spacial score (nSPS) is 11.9. The van der Waals surface area contributed by atoms with Crippen molar-refractivity contribution < 1.29 is 18.7 Å². The van der Waals surface area contributed by atoms with Crippen molar-refractivity contribution in [3.05, 3.63) is 35.6 Å². The summed E-state index contributed by atoms with van der Waals surface area (Å²) in [6.45, 7) is 5.89. The predicted octanol–water partition coefficient (Wildman–Crippen LogP) is 2.26. The molecule has 1 unspecified atom stereocenters. The monoisotopic (exact) mass is 310 g/mol. The van der Waals surface area contributed by atoms with Gasteiger partial charge in [-0.15, -0.1) is 0 Å². The van der Waals surface area contributed by atoms with Crippen LogP contribution >= 0.6 is 0 Å². The van der Waals surface area contributed by atoms with Gasteiger partial charge in [-0.05, 0) is 30.9 Å². The minimum absolute atomic E-state index is 0.0853. The largest absolute Gasteiger partial charge is 0.450 e. The number of nitrogens with one attached hydrogen (secondary N) is 2. The summed E-state index contributed by atoms with van der Waals surface area (Å²) in [6, 6.07) is 5.75. The third-order valence-electron chi connectivity index (χ3n) is 3.15. The smallest absolute Gasteiger partial charge is 0.407 e. The van der Waals surface area contributed by atoms with E-state index in [4.69, 9.17) is 4.74 Å². The van der Waals surface area contributed by atoms with E-state index in [1.54, 1.807) is 25.1 Å². The molecule has 0 fully saturated rings. The molecular formula is C16H23FN2O3. The number of carbonyl (C=O) groups is 2. The van der Waals surface area contributed by atoms with Crippen molar-refractivity contribution in [2.45, 2.75) is 33.2 Å². The van der Waals surface area contributed by atoms with Crippen LogP contribution < -0.4 is 10.6 Å². The summed E-state index contributed by atoms with van der Waals surface area (Å²) < 4.78 is 18.3. The lowest BCUT2D eigenvalue weighted by molar-refractivity contribution is -0.124. The second-order valence-electron chi connectivity index (χ2n) is 5.22. The van der Waals surface area contributed by atoms with Crippen LogP contribution in [0.2, 0.25) is 0 Å². The van der Waals surface area contributed by atoms with Gasteiger partial charge in [-0.25, -0.2) is 9.18 Å². The van der Waals surface area contributed by atoms with Crippen LogP contribution in [0, 0.1) is 11.7 Å². The lowest BCUT2D eigenvalue weighted by atomic mass is 10.0. The van der Waals surface area contributed by atoms with Crippen molar-refractivity contribution in [2.24, 2.45) is 5.92 Å². The number of hydrogen-bond acceptors (Lipinski definition) is 3. The molecule has 122 valence electrons. The highest BCUT2D eigenvalue weighted by Crippen LogP contribution is 2.07. The molecule has 0 aromatic heterocycles. The van der Waals surface area contributed by atoms with Crippen molar-refractivity contribution in [3.8, 4) is 0 Å². The van der Waals surface area contributed by atoms with Gasteiger partial charge in [-0.1, -0.05) is 32.0 Å². The van der Waals surface area contributed by atoms with Gasteiger partial charge in [-0.3, -0.25) is 4.79 Å². The Kier molecular flexibility index (Phi) is 7.36. The van der Waals surface area contributed by atoms with Crippen LogP contribution in [-0.4, -0.2) is 31.2 Å². The molecule has 0 saturated heterocycles. The molecule has 6 heteroatoms. The van der Waals surface area contributed by atoms with Gasteiger partial charge in [0, 0.05) is 6.54 Å². The Morgan fingerprint density at radius 1 is 1.27 bits per heavy atom. The van der Waals surface area contributed by atoms with Crippen molar-refractivity contribution in [3.63, 3.8) is 0 Å². The Labute approximate surface area is 130 Å². The predicted molar refractivity (Wildman–Crippen MR) is 81.9 cm³/mol. The van der Waals surface area contributed by atoms with Crippen LogP contribution in [-0.2, 0) is 16.0 Å². The molecule has 1 aromatic carbocycles. The molecule has 2 N–H and O–H groups in total. The second-order valence-corrected chi connectivity index (χ2v) is 5.22. The highest BCUT2D eigenvalue weighted by atomic mass is 19.1. The number of amides is 2. The molecule has 0 aliphatic heterocycles. The fourth-order valence-corrected chi connectivity index (χ4v) is 1.97. The minimum atomic E-state index is -0.681. The first kappa shape index (κ1) is 17.9. The van der Waals surface area contributed by atoms with Gasteiger partial charge in [0.25, 0.3) is 0 Å². The van der Waals surface area contributed by atoms with E-state index in [1.165, 1.54) is 6.07 Å². The van der Waals surface area contributed by atoms with Crippen LogP contribution in [0.25, 0.3) is 0 Å². The molecule has 0 saturated carbocycles. The van der Waals surface area contributed by atoms with Gasteiger partial charge in [0.2, 0.25) is 5.91 Å². The zero-order chi connectivity index (χ0) is 16.5. The number of ether oxygens (including phenoxy) is 1. The molecule has 5 nitrogen and oxygen atoms in total. The maximum atomic E-state index is 13.5. The Bertz CT molecular complexity index is 506. The average molecular weight is 310 g/mol. The Balaban J connectivity index is 2.50. The summed E-state index contributed by atoms with van der Waals surface area (Å²) >= 11 is 0. The number of benzene rings is 1. The quantitative estimate of drug-likeness (QED) is 0.812. The number of carbonyl (C=O) groups excluding carboxylic acids is 2. The van der Waals surface area contributed by atoms with E-state index >= 15 is 0 Å². The van der Waals surface area contributed by atoms with E-state index in [1.807, 2.05) is 13.8 Å². The summed E-state index contributed by atoms with van der Waals surface area (Å²) in [5.41, 5.74) is 0.544. The Morgan fingerprint density at radius 3 is 2.55 bits per heavy atom. The summed E-state index contributed by atoms with van der Waals surface area (Å²) in [5, 5.41) is 5.24. The molecule has 2 amide bonds. The molecule has 0 aliphatic rings. The first-order valence-electron chi connectivity index (χ1n) is 7.40. The highest BCUT2D eigenvalue weighted by Gasteiger charge is 2.24. The van der Waals surface area contributed by atoms with Crippen LogP contribution in [0.3, 0.4) is 0 Å². The standard InChI is InChI=1S/C16H23FN2O3/c1-4-22-16(21)19-14(11(2)3)15(20)18-10-9-12-7-5-6-8-13(12)17/h5-8,11,14H,4,9-10H2,1-3H3,(H,18,20)(H,19,21). The lowest BCUT2D eigenvalue weighted by Crippen LogP contribution is -2.50. The molecule has 22 heavy (non-hydrogen) atoms. The van der Waals surface area contributed by atoms with E-state index in [-0.39, 0.29) is 24.2 Å². The highest BCUT2D eigenvalue weighted by molar-refractivity contribution is 5.85. The third kappa shape index (κ3) is 5.71. The van der Waals surface area contributed by atoms with Gasteiger partial charge in [0.1, 0.15) is 11.9 Å². The van der Waals surface area contributed by atoms with Crippen molar-refractivity contribution in [2.75, 3.05) is 13.2 Å². The molecule has 0 heterocycles. The molecule has 1 rings (SSSR count). The average Bonchev–Trinajstić information content (AvgIpc) is 2.46. The minimum Gasteiger partial charge on any atom is -0.450 e. The Hall–Kier alpha value is -2.11. The first-order chi connectivity index (χ1) is 10.5. The van der Waals surface area contributed by atoms with Gasteiger partial charge in [0.05, 0.1) is 6.61 Å². The summed E-state index contributed by atoms with van der Waals surface area (Å²) in [4.78, 5) is 23.6. The third-order valence-corrected chi connectivity index (χ3v) is 3.15. The maximum absolute atomic E-state index is 13.5. The number of alkyl carbamates (subject to hydrolysis) is 1.